The zero-order valence-electron chi connectivity index (χ0n) is 11.3. The molecule has 0 fully saturated rings. The lowest BCUT2D eigenvalue weighted by Gasteiger charge is -2.21. The number of hydrogen-bond donors (Lipinski definition) is 2. The van der Waals surface area contributed by atoms with E-state index in [0.29, 0.717) is 11.6 Å². The van der Waals surface area contributed by atoms with E-state index in [0.717, 1.165) is 18.8 Å². The zero-order valence-corrected chi connectivity index (χ0v) is 11.3. The summed E-state index contributed by atoms with van der Waals surface area (Å²) in [5.74, 6) is 1.06. The first-order chi connectivity index (χ1) is 9.22. The maximum atomic E-state index is 5.59. The molecule has 5 nitrogen and oxygen atoms in total. The molecule has 2 aromatic rings. The van der Waals surface area contributed by atoms with E-state index in [4.69, 9.17) is 5.73 Å². The summed E-state index contributed by atoms with van der Waals surface area (Å²) in [4.78, 5) is 10.4. The molecule has 0 aliphatic rings. The highest BCUT2D eigenvalue weighted by Crippen LogP contribution is 2.20. The molecular weight excluding hydrogens is 238 g/mol. The Morgan fingerprint density at radius 1 is 1.11 bits per heavy atom. The summed E-state index contributed by atoms with van der Waals surface area (Å²) in [5, 5.41) is 3.17. The number of nitrogens with two attached hydrogens (primary N) is 1. The fourth-order valence-corrected chi connectivity index (χ4v) is 1.93. The van der Waals surface area contributed by atoms with Crippen molar-refractivity contribution in [2.45, 2.75) is 13.8 Å². The number of anilines is 4. The van der Waals surface area contributed by atoms with Gasteiger partial charge in [-0.1, -0.05) is 0 Å². The number of nitrogens with zero attached hydrogens (tertiary/aromatic N) is 3. The summed E-state index contributed by atoms with van der Waals surface area (Å²) in [6.45, 7) is 6.31. The van der Waals surface area contributed by atoms with Crippen molar-refractivity contribution in [3.05, 3.63) is 36.7 Å². The van der Waals surface area contributed by atoms with Crippen molar-refractivity contribution in [3.63, 3.8) is 0 Å². The summed E-state index contributed by atoms with van der Waals surface area (Å²) < 4.78 is 0. The second-order valence-electron chi connectivity index (χ2n) is 4.17. The van der Waals surface area contributed by atoms with Crippen molar-refractivity contribution >= 4 is 23.0 Å². The third-order valence-corrected chi connectivity index (χ3v) is 2.92. The Kier molecular flexibility index (Phi) is 4.18. The summed E-state index contributed by atoms with van der Waals surface area (Å²) in [5.41, 5.74) is 7.78. The first-order valence-electron chi connectivity index (χ1n) is 6.42. The minimum Gasteiger partial charge on any atom is -0.382 e. The van der Waals surface area contributed by atoms with Crippen molar-refractivity contribution in [1.29, 1.82) is 0 Å². The van der Waals surface area contributed by atoms with E-state index in [2.05, 4.69) is 46.2 Å². The third-order valence-electron chi connectivity index (χ3n) is 2.92. The molecule has 2 rings (SSSR count). The highest BCUT2D eigenvalue weighted by Gasteiger charge is 2.02. The molecule has 0 amide bonds. The van der Waals surface area contributed by atoms with Crippen LogP contribution in [0, 0.1) is 0 Å². The van der Waals surface area contributed by atoms with Crippen LogP contribution in [-0.2, 0) is 0 Å². The van der Waals surface area contributed by atoms with Gasteiger partial charge in [-0.05, 0) is 38.1 Å². The van der Waals surface area contributed by atoms with Gasteiger partial charge in [-0.15, -0.1) is 0 Å². The van der Waals surface area contributed by atoms with Crippen LogP contribution in [-0.4, -0.2) is 23.1 Å². The summed E-state index contributed by atoms with van der Waals surface area (Å²) in [6.07, 6.45) is 3.17. The second kappa shape index (κ2) is 6.04. The second-order valence-corrected chi connectivity index (χ2v) is 4.17. The molecule has 0 saturated heterocycles. The molecule has 0 atom stereocenters. The topological polar surface area (TPSA) is 67.1 Å². The van der Waals surface area contributed by atoms with Gasteiger partial charge in [0.1, 0.15) is 5.82 Å². The maximum absolute atomic E-state index is 5.59. The van der Waals surface area contributed by atoms with Crippen LogP contribution in [0.1, 0.15) is 13.8 Å². The summed E-state index contributed by atoms with van der Waals surface area (Å²) in [6, 6.07) is 8.24. The quantitative estimate of drug-likeness (QED) is 0.862. The molecular formula is C14H19N5. The van der Waals surface area contributed by atoms with Gasteiger partial charge in [-0.3, -0.25) is 4.98 Å². The lowest BCUT2D eigenvalue weighted by atomic mass is 10.2. The highest BCUT2D eigenvalue weighted by atomic mass is 15.1. The fourth-order valence-electron chi connectivity index (χ4n) is 1.93. The van der Waals surface area contributed by atoms with Gasteiger partial charge in [0.15, 0.2) is 5.82 Å². The van der Waals surface area contributed by atoms with E-state index >= 15 is 0 Å². The van der Waals surface area contributed by atoms with Gasteiger partial charge >= 0.3 is 0 Å². The first kappa shape index (κ1) is 13.1. The number of nitrogen functional groups attached to an aromatic ring is 1. The van der Waals surface area contributed by atoms with Crippen molar-refractivity contribution < 1.29 is 0 Å². The zero-order chi connectivity index (χ0) is 13.7. The predicted octanol–water partition coefficient (Wildman–Crippen LogP) is 2.65. The van der Waals surface area contributed by atoms with Crippen LogP contribution in [0.25, 0.3) is 0 Å². The minimum atomic E-state index is 0.407. The molecule has 0 aliphatic carbocycles. The predicted molar refractivity (Wildman–Crippen MR) is 79.7 cm³/mol. The highest BCUT2D eigenvalue weighted by molar-refractivity contribution is 5.60. The first-order valence-corrected chi connectivity index (χ1v) is 6.42. The fraction of sp³-hybridized carbons (Fsp3) is 0.286. The van der Waals surface area contributed by atoms with Gasteiger partial charge in [0.25, 0.3) is 0 Å². The molecule has 0 radical (unpaired) electrons. The van der Waals surface area contributed by atoms with Crippen LogP contribution in [0.2, 0.25) is 0 Å². The molecule has 0 unspecified atom stereocenters. The van der Waals surface area contributed by atoms with Crippen LogP contribution in [0.3, 0.4) is 0 Å². The monoisotopic (exact) mass is 257 g/mol. The van der Waals surface area contributed by atoms with Gasteiger partial charge in [0, 0.05) is 24.5 Å². The normalized spacial score (nSPS) is 10.2. The Bertz CT molecular complexity index is 520. The number of nitrogens with one attached hydrogen (secondary N) is 1. The van der Waals surface area contributed by atoms with Crippen LogP contribution in [0.15, 0.2) is 36.7 Å². The standard InChI is InChI=1S/C14H19N5/c1-3-19(4-2)12-7-5-11(6-8-12)17-14-10-16-9-13(15)18-14/h5-10H,3-4H2,1-2H3,(H3,15,17,18). The van der Waals surface area contributed by atoms with Crippen LogP contribution in [0.4, 0.5) is 23.0 Å². The number of aromatic nitrogens is 2. The molecule has 0 aliphatic heterocycles. The van der Waals surface area contributed by atoms with Gasteiger partial charge in [-0.25, -0.2) is 4.98 Å². The Morgan fingerprint density at radius 3 is 2.37 bits per heavy atom. The van der Waals surface area contributed by atoms with Gasteiger partial charge in [0.05, 0.1) is 12.4 Å². The van der Waals surface area contributed by atoms with E-state index < -0.39 is 0 Å². The van der Waals surface area contributed by atoms with Gasteiger partial charge in [-0.2, -0.15) is 0 Å². The molecule has 5 heteroatoms. The average Bonchev–Trinajstić information content (AvgIpc) is 2.42. The maximum Gasteiger partial charge on any atom is 0.151 e. The molecule has 0 spiro atoms. The van der Waals surface area contributed by atoms with Crippen molar-refractivity contribution in [1.82, 2.24) is 9.97 Å². The van der Waals surface area contributed by atoms with Crippen molar-refractivity contribution in [3.8, 4) is 0 Å². The van der Waals surface area contributed by atoms with E-state index in [1.54, 1.807) is 6.20 Å². The third kappa shape index (κ3) is 3.34. The smallest absolute Gasteiger partial charge is 0.151 e. The van der Waals surface area contributed by atoms with Crippen LogP contribution >= 0.6 is 0 Å². The van der Waals surface area contributed by atoms with E-state index in [1.807, 2.05) is 12.1 Å². The molecule has 1 heterocycles. The van der Waals surface area contributed by atoms with E-state index in [9.17, 15) is 0 Å². The Labute approximate surface area is 113 Å². The van der Waals surface area contributed by atoms with Gasteiger partial charge in [0.2, 0.25) is 0 Å². The number of benzene rings is 1. The lowest BCUT2D eigenvalue weighted by molar-refractivity contribution is 0.866. The van der Waals surface area contributed by atoms with Crippen LogP contribution in [0.5, 0.6) is 0 Å². The molecule has 100 valence electrons. The molecule has 3 N–H and O–H groups in total. The Morgan fingerprint density at radius 2 is 1.79 bits per heavy atom. The SMILES string of the molecule is CCN(CC)c1ccc(Nc2cncc(N)n2)cc1. The van der Waals surface area contributed by atoms with E-state index in [1.165, 1.54) is 11.9 Å². The average molecular weight is 257 g/mol. The largest absolute Gasteiger partial charge is 0.382 e. The minimum absolute atomic E-state index is 0.407. The summed E-state index contributed by atoms with van der Waals surface area (Å²) in [7, 11) is 0. The summed E-state index contributed by atoms with van der Waals surface area (Å²) >= 11 is 0. The Balaban J connectivity index is 2.10. The molecule has 1 aromatic heterocycles. The number of hydrogen-bond acceptors (Lipinski definition) is 5. The van der Waals surface area contributed by atoms with Crippen molar-refractivity contribution in [2.75, 3.05) is 29.0 Å². The lowest BCUT2D eigenvalue weighted by Crippen LogP contribution is -2.21. The van der Waals surface area contributed by atoms with Gasteiger partial charge < -0.3 is 16.0 Å². The molecule has 0 saturated carbocycles. The Hall–Kier alpha value is -2.30. The van der Waals surface area contributed by atoms with Crippen molar-refractivity contribution in [2.24, 2.45) is 0 Å². The molecule has 0 bridgehead atoms. The van der Waals surface area contributed by atoms with Crippen LogP contribution < -0.4 is 16.0 Å². The molecule has 19 heavy (non-hydrogen) atoms. The van der Waals surface area contributed by atoms with E-state index in [-0.39, 0.29) is 0 Å². The number of rotatable bonds is 5. The molecule has 1 aromatic carbocycles.